The van der Waals surface area contributed by atoms with E-state index in [1.807, 2.05) is 42.6 Å². The zero-order valence-corrected chi connectivity index (χ0v) is 8.39. The minimum Gasteiger partial charge on any atom is -0.298 e. The van der Waals surface area contributed by atoms with Crippen LogP contribution in [0.25, 0.3) is 10.9 Å². The summed E-state index contributed by atoms with van der Waals surface area (Å²) in [5, 5.41) is 1.07. The molecule has 1 heterocycles. The second-order valence-electron chi connectivity index (χ2n) is 3.39. The molecular weight excluding hydrogens is 186 g/mol. The predicted molar refractivity (Wildman–Crippen MR) is 59.7 cm³/mol. The number of aldehydes is 1. The molecule has 0 spiro atoms. The first kappa shape index (κ1) is 9.59. The maximum Gasteiger partial charge on any atom is 0.212 e. The maximum atomic E-state index is 10.6. The van der Waals surface area contributed by atoms with Gasteiger partial charge in [0.1, 0.15) is 6.29 Å². The molecule has 15 heavy (non-hydrogen) atoms. The van der Waals surface area contributed by atoms with Gasteiger partial charge in [0.2, 0.25) is 5.52 Å². The number of rotatable bonds is 3. The van der Waals surface area contributed by atoms with Gasteiger partial charge in [0.15, 0.2) is 12.7 Å². The van der Waals surface area contributed by atoms with Gasteiger partial charge in [-0.15, -0.1) is 0 Å². The number of carbonyl (C=O) groups excluding carboxylic acids is 1. The van der Waals surface area contributed by atoms with Crippen LogP contribution in [0.15, 0.2) is 49.2 Å². The number of nitrogens with zero attached hydrogens (tertiary/aromatic N) is 1. The van der Waals surface area contributed by atoms with Crippen molar-refractivity contribution in [1.82, 2.24) is 0 Å². The summed E-state index contributed by atoms with van der Waals surface area (Å²) < 4.78 is 2.09. The molecule has 0 atom stereocenters. The number of aromatic nitrogens is 1. The van der Waals surface area contributed by atoms with Gasteiger partial charge in [0, 0.05) is 23.1 Å². The molecule has 0 aliphatic rings. The SMILES string of the molecule is C=CC[n+]1cccc2cc(C=O)ccc21. The summed E-state index contributed by atoms with van der Waals surface area (Å²) in [4.78, 5) is 10.6. The average Bonchev–Trinajstić information content (AvgIpc) is 2.29. The van der Waals surface area contributed by atoms with Crippen LogP contribution in [0.2, 0.25) is 0 Å². The number of hydrogen-bond acceptors (Lipinski definition) is 1. The van der Waals surface area contributed by atoms with Crippen LogP contribution in [0.4, 0.5) is 0 Å². The molecule has 0 unspecified atom stereocenters. The normalized spacial score (nSPS) is 10.1. The third-order valence-electron chi connectivity index (χ3n) is 2.36. The molecule has 0 fully saturated rings. The molecule has 0 bridgehead atoms. The number of benzene rings is 1. The van der Waals surface area contributed by atoms with Gasteiger partial charge in [-0.1, -0.05) is 6.58 Å². The molecule has 2 nitrogen and oxygen atoms in total. The van der Waals surface area contributed by atoms with Gasteiger partial charge in [-0.2, -0.15) is 4.57 Å². The molecule has 0 saturated carbocycles. The standard InChI is InChI=1S/C13H12NO/c1-2-7-14-8-3-4-12-9-11(10-15)5-6-13(12)14/h2-6,8-10H,1,7H2/q+1. The van der Waals surface area contributed by atoms with Gasteiger partial charge in [0.05, 0.1) is 0 Å². The van der Waals surface area contributed by atoms with Crippen LogP contribution >= 0.6 is 0 Å². The number of carbonyl (C=O) groups is 1. The van der Waals surface area contributed by atoms with Crippen LogP contribution in [0.1, 0.15) is 10.4 Å². The van der Waals surface area contributed by atoms with Crippen LogP contribution in [0.5, 0.6) is 0 Å². The van der Waals surface area contributed by atoms with Crippen molar-refractivity contribution in [3.63, 3.8) is 0 Å². The smallest absolute Gasteiger partial charge is 0.212 e. The summed E-state index contributed by atoms with van der Waals surface area (Å²) in [5.74, 6) is 0. The number of hydrogen-bond donors (Lipinski definition) is 0. The fourth-order valence-electron chi connectivity index (χ4n) is 1.67. The Morgan fingerprint density at radius 1 is 1.33 bits per heavy atom. The maximum absolute atomic E-state index is 10.6. The summed E-state index contributed by atoms with van der Waals surface area (Å²) in [6, 6.07) is 9.65. The first-order valence-corrected chi connectivity index (χ1v) is 4.83. The molecule has 1 aromatic heterocycles. The van der Waals surface area contributed by atoms with E-state index >= 15 is 0 Å². The van der Waals surface area contributed by atoms with Gasteiger partial charge in [-0.25, -0.2) is 0 Å². The Bertz CT molecular complexity index is 517. The van der Waals surface area contributed by atoms with E-state index in [1.54, 1.807) is 0 Å². The van der Waals surface area contributed by atoms with Gasteiger partial charge >= 0.3 is 0 Å². The minimum absolute atomic E-state index is 0.707. The van der Waals surface area contributed by atoms with Crippen molar-refractivity contribution < 1.29 is 9.36 Å². The van der Waals surface area contributed by atoms with E-state index in [0.717, 1.165) is 23.7 Å². The van der Waals surface area contributed by atoms with E-state index in [0.29, 0.717) is 5.56 Å². The zero-order chi connectivity index (χ0) is 10.7. The van der Waals surface area contributed by atoms with E-state index in [-0.39, 0.29) is 0 Å². The molecule has 0 aliphatic carbocycles. The topological polar surface area (TPSA) is 20.9 Å². The Kier molecular flexibility index (Phi) is 2.59. The fourth-order valence-corrected chi connectivity index (χ4v) is 1.67. The lowest BCUT2D eigenvalue weighted by Crippen LogP contribution is -2.32. The Labute approximate surface area is 88.5 Å². The Morgan fingerprint density at radius 3 is 2.93 bits per heavy atom. The first-order valence-electron chi connectivity index (χ1n) is 4.83. The third-order valence-corrected chi connectivity index (χ3v) is 2.36. The lowest BCUT2D eigenvalue weighted by Gasteiger charge is -1.99. The highest BCUT2D eigenvalue weighted by atomic mass is 16.1. The van der Waals surface area contributed by atoms with Gasteiger partial charge in [0.25, 0.3) is 0 Å². The largest absolute Gasteiger partial charge is 0.298 e. The van der Waals surface area contributed by atoms with Gasteiger partial charge in [-0.3, -0.25) is 4.79 Å². The van der Waals surface area contributed by atoms with E-state index in [9.17, 15) is 4.79 Å². The van der Waals surface area contributed by atoms with Crippen LogP contribution in [-0.4, -0.2) is 6.29 Å². The number of pyridine rings is 1. The second kappa shape index (κ2) is 4.05. The molecule has 0 saturated heterocycles. The molecule has 0 radical (unpaired) electrons. The van der Waals surface area contributed by atoms with Crippen molar-refractivity contribution in [3.8, 4) is 0 Å². The van der Waals surface area contributed by atoms with E-state index in [2.05, 4.69) is 11.1 Å². The minimum atomic E-state index is 0.707. The molecule has 0 aliphatic heterocycles. The van der Waals surface area contributed by atoms with Crippen molar-refractivity contribution in [2.24, 2.45) is 0 Å². The summed E-state index contributed by atoms with van der Waals surface area (Å²) in [7, 11) is 0. The van der Waals surface area contributed by atoms with Crippen LogP contribution in [0.3, 0.4) is 0 Å². The Balaban J connectivity index is 2.66. The van der Waals surface area contributed by atoms with Crippen LogP contribution in [-0.2, 0) is 6.54 Å². The molecule has 2 aromatic rings. The van der Waals surface area contributed by atoms with Crippen molar-refractivity contribution in [2.75, 3.05) is 0 Å². The average molecular weight is 198 g/mol. The van der Waals surface area contributed by atoms with Crippen LogP contribution in [0, 0.1) is 0 Å². The molecule has 0 N–H and O–H groups in total. The van der Waals surface area contributed by atoms with Crippen molar-refractivity contribution in [3.05, 3.63) is 54.7 Å². The highest BCUT2D eigenvalue weighted by molar-refractivity contribution is 5.85. The summed E-state index contributed by atoms with van der Waals surface area (Å²) in [5.41, 5.74) is 1.82. The molecular formula is C13H12NO+. The lowest BCUT2D eigenvalue weighted by molar-refractivity contribution is -0.660. The van der Waals surface area contributed by atoms with E-state index in [1.165, 1.54) is 0 Å². The quantitative estimate of drug-likeness (QED) is 0.420. The third kappa shape index (κ3) is 1.79. The van der Waals surface area contributed by atoms with Crippen LogP contribution < -0.4 is 4.57 Å². The lowest BCUT2D eigenvalue weighted by atomic mass is 10.1. The van der Waals surface area contributed by atoms with Crippen molar-refractivity contribution >= 4 is 17.2 Å². The van der Waals surface area contributed by atoms with E-state index in [4.69, 9.17) is 0 Å². The molecule has 2 rings (SSSR count). The van der Waals surface area contributed by atoms with E-state index < -0.39 is 0 Å². The summed E-state index contributed by atoms with van der Waals surface area (Å²) >= 11 is 0. The van der Waals surface area contributed by atoms with Crippen molar-refractivity contribution in [2.45, 2.75) is 6.54 Å². The molecule has 74 valence electrons. The summed E-state index contributed by atoms with van der Waals surface area (Å²) in [6.45, 7) is 4.50. The molecule has 0 amide bonds. The Hall–Kier alpha value is -1.96. The number of allylic oxidation sites excluding steroid dienone is 1. The second-order valence-corrected chi connectivity index (χ2v) is 3.39. The highest BCUT2D eigenvalue weighted by Crippen LogP contribution is 2.10. The highest BCUT2D eigenvalue weighted by Gasteiger charge is 2.06. The van der Waals surface area contributed by atoms with Crippen molar-refractivity contribution in [1.29, 1.82) is 0 Å². The van der Waals surface area contributed by atoms with Gasteiger partial charge < -0.3 is 0 Å². The molecule has 2 heteroatoms. The predicted octanol–water partition coefficient (Wildman–Crippen LogP) is 2.13. The number of fused-ring (bicyclic) bond motifs is 1. The van der Waals surface area contributed by atoms with Gasteiger partial charge in [-0.05, 0) is 24.3 Å². The first-order chi connectivity index (χ1) is 7.35. The fraction of sp³-hybridized carbons (Fsp3) is 0.0769. The Morgan fingerprint density at radius 2 is 2.20 bits per heavy atom. The molecule has 1 aromatic carbocycles. The monoisotopic (exact) mass is 198 g/mol. The summed E-state index contributed by atoms with van der Waals surface area (Å²) in [6.07, 6.45) is 4.72. The zero-order valence-electron chi connectivity index (χ0n) is 8.39.